The molecule has 0 aliphatic rings. The summed E-state index contributed by atoms with van der Waals surface area (Å²) < 4.78 is 32.3. The number of benzene rings is 2. The lowest BCUT2D eigenvalue weighted by Gasteiger charge is -2.13. The maximum absolute atomic E-state index is 13.3. The molecule has 7 rings (SSSR count). The Morgan fingerprint density at radius 3 is 1.96 bits per heavy atom. The average Bonchev–Trinajstić information content (AvgIpc) is 3.82. The van der Waals surface area contributed by atoms with Gasteiger partial charge in [0.2, 0.25) is 0 Å². The number of aromatic hydroxyl groups is 2. The van der Waals surface area contributed by atoms with E-state index < -0.39 is 0 Å². The number of aliphatic imine (C=N–C) groups is 2. The number of aromatic amines is 4. The van der Waals surface area contributed by atoms with E-state index in [2.05, 4.69) is 61.1 Å². The zero-order valence-corrected chi connectivity index (χ0v) is 25.3. The average molecular weight is 625 g/mol. The number of aromatic nitrogens is 6. The molecule has 0 atom stereocenters. The summed E-state index contributed by atoms with van der Waals surface area (Å²) in [5.74, 6) is 1.89. The molecule has 0 aliphatic carbocycles. The van der Waals surface area contributed by atoms with Gasteiger partial charge in [-0.1, -0.05) is 20.8 Å². The van der Waals surface area contributed by atoms with Crippen LogP contribution in [0.4, 0.5) is 20.4 Å². The Hall–Kier alpha value is -5.98. The third-order valence-electron chi connectivity index (χ3n) is 7.22. The molecule has 2 aromatic carbocycles. The van der Waals surface area contributed by atoms with Crippen molar-refractivity contribution in [3.05, 3.63) is 95.1 Å². The molecule has 0 spiro atoms. The number of nitrogens with one attached hydrogen (secondary N) is 4. The van der Waals surface area contributed by atoms with Gasteiger partial charge in [0.15, 0.2) is 17.6 Å². The van der Waals surface area contributed by atoms with Gasteiger partial charge in [-0.05, 0) is 49.4 Å². The summed E-state index contributed by atoms with van der Waals surface area (Å²) in [6, 6.07) is 14.0. The van der Waals surface area contributed by atoms with Crippen molar-refractivity contribution in [1.82, 2.24) is 30.4 Å². The molecular weight excluding hydrogens is 594 g/mol. The molecule has 234 valence electrons. The lowest BCUT2D eigenvalue weighted by molar-refractivity contribution is 0.396. The van der Waals surface area contributed by atoms with Crippen LogP contribution >= 0.6 is 0 Å². The smallest absolute Gasteiger partial charge is 0.198 e. The van der Waals surface area contributed by atoms with Crippen molar-refractivity contribution in [2.75, 3.05) is 0 Å². The molecule has 0 unspecified atom stereocenters. The number of rotatable bonds is 5. The van der Waals surface area contributed by atoms with Crippen LogP contribution in [-0.2, 0) is 5.41 Å². The van der Waals surface area contributed by atoms with E-state index in [1.807, 2.05) is 19.1 Å². The van der Waals surface area contributed by atoms with E-state index in [1.165, 1.54) is 36.7 Å². The molecule has 0 bridgehead atoms. The molecule has 0 aliphatic heterocycles. The van der Waals surface area contributed by atoms with Gasteiger partial charge in [0.1, 0.15) is 29.0 Å². The summed E-state index contributed by atoms with van der Waals surface area (Å²) in [5.41, 5.74) is 3.67. The molecule has 0 saturated carbocycles. The summed E-state index contributed by atoms with van der Waals surface area (Å²) in [6.45, 7) is 8.20. The van der Waals surface area contributed by atoms with E-state index in [0.29, 0.717) is 44.6 Å². The van der Waals surface area contributed by atoms with Crippen molar-refractivity contribution in [3.63, 3.8) is 0 Å². The fraction of sp³-hybridized carbons (Fsp3) is 0.152. The molecule has 13 heteroatoms. The van der Waals surface area contributed by atoms with Crippen LogP contribution < -0.4 is 0 Å². The molecule has 5 heterocycles. The number of halogens is 2. The second kappa shape index (κ2) is 11.8. The van der Waals surface area contributed by atoms with Crippen LogP contribution in [0.25, 0.3) is 33.1 Å². The maximum Gasteiger partial charge on any atom is 0.198 e. The summed E-state index contributed by atoms with van der Waals surface area (Å²) >= 11 is 0. The number of nitrogens with zero attached hydrogens (tertiary/aromatic N) is 4. The van der Waals surface area contributed by atoms with Crippen LogP contribution in [0.5, 0.6) is 11.8 Å². The Bertz CT molecular complexity index is 2210. The van der Waals surface area contributed by atoms with E-state index >= 15 is 0 Å². The summed E-state index contributed by atoms with van der Waals surface area (Å²) in [7, 11) is 0. The van der Waals surface area contributed by atoms with Crippen molar-refractivity contribution in [1.29, 1.82) is 0 Å². The summed E-state index contributed by atoms with van der Waals surface area (Å²) in [5, 5.41) is 34.9. The molecule has 5 aromatic heterocycles. The van der Waals surface area contributed by atoms with Gasteiger partial charge in [-0.3, -0.25) is 10.2 Å². The Morgan fingerprint density at radius 1 is 0.804 bits per heavy atom. The van der Waals surface area contributed by atoms with Crippen molar-refractivity contribution in [2.24, 2.45) is 9.98 Å². The molecule has 0 fully saturated rings. The van der Waals surface area contributed by atoms with Gasteiger partial charge in [0.05, 0.1) is 34.1 Å². The monoisotopic (exact) mass is 624 g/mol. The number of hydrogen-bond acceptors (Lipinski definition) is 7. The molecule has 0 radical (unpaired) electrons. The fourth-order valence-corrected chi connectivity index (χ4v) is 4.84. The molecule has 0 saturated heterocycles. The molecular formula is C33H30F2N8O3. The first-order valence-electron chi connectivity index (χ1n) is 14.2. The Balaban J connectivity index is 0.000000178. The van der Waals surface area contributed by atoms with E-state index in [9.17, 15) is 19.0 Å². The second-order valence-corrected chi connectivity index (χ2v) is 11.6. The molecule has 11 nitrogen and oxygen atoms in total. The number of hydrogen-bond donors (Lipinski definition) is 6. The van der Waals surface area contributed by atoms with Crippen LogP contribution in [-0.4, -0.2) is 53.0 Å². The minimum absolute atomic E-state index is 0.0427. The van der Waals surface area contributed by atoms with Gasteiger partial charge in [-0.15, -0.1) is 0 Å². The topological polar surface area (TPSA) is 167 Å². The minimum Gasteiger partial charge on any atom is -0.494 e. The molecule has 7 aromatic rings. The second-order valence-electron chi connectivity index (χ2n) is 11.6. The van der Waals surface area contributed by atoms with Gasteiger partial charge in [-0.25, -0.2) is 18.8 Å². The molecule has 6 N–H and O–H groups in total. The van der Waals surface area contributed by atoms with Crippen LogP contribution in [0.3, 0.4) is 0 Å². The lowest BCUT2D eigenvalue weighted by atomic mass is 9.93. The van der Waals surface area contributed by atoms with Crippen LogP contribution in [0.15, 0.2) is 75.2 Å². The Morgan fingerprint density at radius 2 is 1.41 bits per heavy atom. The largest absolute Gasteiger partial charge is 0.494 e. The number of fused-ring (bicyclic) bond motifs is 2. The lowest BCUT2D eigenvalue weighted by Crippen LogP contribution is -2.09. The first kappa shape index (κ1) is 30.1. The van der Waals surface area contributed by atoms with Crippen LogP contribution in [0.2, 0.25) is 0 Å². The van der Waals surface area contributed by atoms with Crippen LogP contribution in [0, 0.1) is 18.6 Å². The predicted molar refractivity (Wildman–Crippen MR) is 173 cm³/mol. The highest BCUT2D eigenvalue weighted by molar-refractivity contribution is 6.03. The van der Waals surface area contributed by atoms with E-state index in [1.54, 1.807) is 24.4 Å². The van der Waals surface area contributed by atoms with Gasteiger partial charge in [0, 0.05) is 46.3 Å². The van der Waals surface area contributed by atoms with Gasteiger partial charge in [0.25, 0.3) is 0 Å². The zero-order valence-electron chi connectivity index (χ0n) is 25.3. The van der Waals surface area contributed by atoms with Crippen molar-refractivity contribution in [3.8, 4) is 23.0 Å². The van der Waals surface area contributed by atoms with Crippen molar-refractivity contribution < 1.29 is 23.4 Å². The third-order valence-corrected chi connectivity index (χ3v) is 7.22. The maximum atomic E-state index is 13.3. The fourth-order valence-electron chi connectivity index (χ4n) is 4.84. The number of furan rings is 1. The summed E-state index contributed by atoms with van der Waals surface area (Å²) in [6.07, 6.45) is 4.59. The first-order valence-corrected chi connectivity index (χ1v) is 14.2. The highest BCUT2D eigenvalue weighted by Crippen LogP contribution is 2.33. The van der Waals surface area contributed by atoms with Gasteiger partial charge >= 0.3 is 0 Å². The molecule has 0 amide bonds. The van der Waals surface area contributed by atoms with Crippen molar-refractivity contribution >= 4 is 45.9 Å². The predicted octanol–water partition coefficient (Wildman–Crippen LogP) is 7.84. The van der Waals surface area contributed by atoms with E-state index in [-0.39, 0.29) is 28.8 Å². The standard InChI is InChI=1S/C21H21FN4O2.C12H9FN4O/c1-11-14(8-18(28-11)21(2,3)4)17-9-19(26-25-17)23-10-15-13-6-5-12(22)7-16(13)24-20(15)27;13-7-1-2-8-9(12(18)16-10(8)5-7)6-14-11-3-4-15-17-11/h5-10,24,27H,1-4H3,(H,25,26);1-6,16,18H,(H,15,17). The normalized spacial score (nSPS) is 12.1. The van der Waals surface area contributed by atoms with Crippen LogP contribution in [0.1, 0.15) is 43.4 Å². The van der Waals surface area contributed by atoms with E-state index in [4.69, 9.17) is 4.42 Å². The van der Waals surface area contributed by atoms with Gasteiger partial charge in [-0.2, -0.15) is 10.2 Å². The zero-order chi connectivity index (χ0) is 32.6. The quantitative estimate of drug-likeness (QED) is 0.107. The number of H-pyrrole nitrogens is 4. The Labute approximate surface area is 260 Å². The highest BCUT2D eigenvalue weighted by atomic mass is 19.1. The SMILES string of the molecule is Cc1oc(C(C)(C)C)cc1-c1cc(N=Cc2c(O)[nH]c3cc(F)ccc23)n[nH]1.Oc1[nH]c2cc(F)ccc2c1C=Nc1ccn[nH]1. The Kier molecular flexibility index (Phi) is 7.74. The van der Waals surface area contributed by atoms with Gasteiger partial charge < -0.3 is 24.6 Å². The van der Waals surface area contributed by atoms with Crippen molar-refractivity contribution in [2.45, 2.75) is 33.1 Å². The van der Waals surface area contributed by atoms with E-state index in [0.717, 1.165) is 22.8 Å². The molecule has 46 heavy (non-hydrogen) atoms. The first-order chi connectivity index (χ1) is 22.0. The number of aryl methyl sites for hydroxylation is 1. The minimum atomic E-state index is -0.376. The third kappa shape index (κ3) is 6.15. The highest BCUT2D eigenvalue weighted by Gasteiger charge is 2.21. The summed E-state index contributed by atoms with van der Waals surface area (Å²) in [4.78, 5) is 13.9.